The molecule has 1 heterocycles. The molecular weight excluding hydrogens is 454 g/mol. The summed E-state index contributed by atoms with van der Waals surface area (Å²) >= 11 is 3.54. The number of sulfonamides is 1. The number of aliphatic hydroxyl groups excluding tert-OH is 1. The third kappa shape index (κ3) is 4.83. The summed E-state index contributed by atoms with van der Waals surface area (Å²) in [6.45, 7) is 5.28. The Kier molecular flexibility index (Phi) is 7.68. The van der Waals surface area contributed by atoms with E-state index in [4.69, 9.17) is 4.74 Å². The molecule has 1 saturated heterocycles. The van der Waals surface area contributed by atoms with Crippen molar-refractivity contribution < 1.29 is 18.3 Å². The van der Waals surface area contributed by atoms with Gasteiger partial charge in [-0.3, -0.25) is 4.31 Å². The van der Waals surface area contributed by atoms with Gasteiger partial charge in [0, 0.05) is 12.0 Å². The van der Waals surface area contributed by atoms with Crippen LogP contribution in [0.5, 0.6) is 0 Å². The van der Waals surface area contributed by atoms with E-state index in [1.807, 2.05) is 24.3 Å². The summed E-state index contributed by atoms with van der Waals surface area (Å²) in [4.78, 5) is -0.165. The number of ether oxygens (including phenoxy) is 1. The number of unbranched alkanes of at least 4 members (excludes halogenated alkanes) is 1. The number of hydrogen-bond acceptors (Lipinski definition) is 4. The van der Waals surface area contributed by atoms with Crippen LogP contribution >= 0.6 is 15.9 Å². The van der Waals surface area contributed by atoms with Gasteiger partial charge in [0.1, 0.15) is 0 Å². The Bertz CT molecular complexity index is 764. The number of halogens is 1. The monoisotopic (exact) mass is 487 g/mol. The minimum Gasteiger partial charge on any atom is -0.388 e. The van der Waals surface area contributed by atoms with Gasteiger partial charge >= 0.3 is 0 Å². The van der Waals surface area contributed by atoms with Crippen LogP contribution in [0.3, 0.4) is 0 Å². The van der Waals surface area contributed by atoms with Gasteiger partial charge in [0.05, 0.1) is 35.0 Å². The van der Waals surface area contributed by atoms with Crippen molar-refractivity contribution in [3.63, 3.8) is 0 Å². The molecule has 1 aliphatic carbocycles. The maximum atomic E-state index is 12.8. The summed E-state index contributed by atoms with van der Waals surface area (Å²) in [5.74, 6) is 0.0682. The second-order valence-electron chi connectivity index (χ2n) is 8.55. The van der Waals surface area contributed by atoms with Gasteiger partial charge in [-0.25, -0.2) is 8.42 Å². The molecule has 0 radical (unpaired) electrons. The first-order valence-corrected chi connectivity index (χ1v) is 13.4. The van der Waals surface area contributed by atoms with Gasteiger partial charge in [-0.15, -0.1) is 0 Å². The Labute approximate surface area is 184 Å². The molecule has 3 unspecified atom stereocenters. The fourth-order valence-corrected chi connectivity index (χ4v) is 8.06. The van der Waals surface area contributed by atoms with Crippen molar-refractivity contribution in [2.24, 2.45) is 5.41 Å². The molecule has 5 nitrogen and oxygen atoms in total. The van der Waals surface area contributed by atoms with Crippen LogP contribution < -0.4 is 4.31 Å². The van der Waals surface area contributed by atoms with E-state index in [0.29, 0.717) is 18.9 Å². The van der Waals surface area contributed by atoms with Crippen molar-refractivity contribution in [2.75, 3.05) is 23.3 Å². The predicted molar refractivity (Wildman–Crippen MR) is 121 cm³/mol. The lowest BCUT2D eigenvalue weighted by molar-refractivity contribution is -0.0440. The number of hydrogen-bond donors (Lipinski definition) is 1. The Hall–Kier alpha value is -0.630. The van der Waals surface area contributed by atoms with E-state index in [-0.39, 0.29) is 22.0 Å². The Morgan fingerprint density at radius 1 is 1.24 bits per heavy atom. The molecule has 1 aromatic rings. The van der Waals surface area contributed by atoms with Crippen LogP contribution in [-0.4, -0.2) is 43.4 Å². The first kappa shape index (κ1) is 23.0. The van der Waals surface area contributed by atoms with Gasteiger partial charge in [-0.1, -0.05) is 61.2 Å². The van der Waals surface area contributed by atoms with E-state index < -0.39 is 16.1 Å². The van der Waals surface area contributed by atoms with E-state index in [1.165, 1.54) is 10.7 Å². The number of anilines is 1. The largest absolute Gasteiger partial charge is 0.388 e. The molecule has 3 rings (SSSR count). The van der Waals surface area contributed by atoms with Crippen LogP contribution in [0.15, 0.2) is 24.3 Å². The van der Waals surface area contributed by atoms with Crippen molar-refractivity contribution in [1.29, 1.82) is 0 Å². The van der Waals surface area contributed by atoms with Crippen molar-refractivity contribution >= 4 is 31.6 Å². The molecule has 164 valence electrons. The Balaban J connectivity index is 1.77. The standard InChI is InChI=1S/C22H34BrNO4S/c1-3-5-14-28-15-20-19(23)16-29(26,27)24(20)18-9-7-17(8-10-18)21(25)22(11-4-2)12-6-13-22/h7-10,19-21,25H,3-6,11-16H2,1-2H3. The zero-order valence-electron chi connectivity index (χ0n) is 17.5. The van der Waals surface area contributed by atoms with Gasteiger partial charge in [-0.05, 0) is 43.4 Å². The van der Waals surface area contributed by atoms with E-state index in [1.54, 1.807) is 0 Å². The normalized spacial score (nSPS) is 26.3. The van der Waals surface area contributed by atoms with Gasteiger partial charge in [0.25, 0.3) is 0 Å². The van der Waals surface area contributed by atoms with Crippen LogP contribution in [0, 0.1) is 5.41 Å². The number of nitrogens with zero attached hydrogens (tertiary/aromatic N) is 1. The lowest BCUT2D eigenvalue weighted by atomic mass is 9.61. The molecule has 2 fully saturated rings. The Morgan fingerprint density at radius 3 is 2.48 bits per heavy atom. The number of benzene rings is 1. The molecule has 0 bridgehead atoms. The summed E-state index contributed by atoms with van der Waals surface area (Å²) in [7, 11) is -3.40. The smallest absolute Gasteiger partial charge is 0.236 e. The molecule has 1 N–H and O–H groups in total. The summed E-state index contributed by atoms with van der Waals surface area (Å²) in [5, 5.41) is 11.0. The van der Waals surface area contributed by atoms with Gasteiger partial charge < -0.3 is 9.84 Å². The molecule has 2 aliphatic rings. The third-order valence-electron chi connectivity index (χ3n) is 6.46. The average Bonchev–Trinajstić information content (AvgIpc) is 2.89. The quantitative estimate of drug-likeness (QED) is 0.380. The maximum Gasteiger partial charge on any atom is 0.236 e. The van der Waals surface area contributed by atoms with Crippen molar-refractivity contribution in [2.45, 2.75) is 75.8 Å². The lowest BCUT2D eigenvalue weighted by Crippen LogP contribution is -2.39. The van der Waals surface area contributed by atoms with Crippen LogP contribution in [-0.2, 0) is 14.8 Å². The van der Waals surface area contributed by atoms with Gasteiger partial charge in [-0.2, -0.15) is 0 Å². The van der Waals surface area contributed by atoms with Crippen molar-refractivity contribution in [3.05, 3.63) is 29.8 Å². The molecule has 7 heteroatoms. The minimum atomic E-state index is -3.40. The average molecular weight is 488 g/mol. The molecule has 1 aromatic carbocycles. The summed E-state index contributed by atoms with van der Waals surface area (Å²) in [6.07, 6.45) is 6.92. The highest BCUT2D eigenvalue weighted by Gasteiger charge is 2.45. The first-order chi connectivity index (χ1) is 13.8. The van der Waals surface area contributed by atoms with Gasteiger partial charge in [0.2, 0.25) is 10.0 Å². The minimum absolute atomic E-state index is 0.00735. The van der Waals surface area contributed by atoms with Crippen LogP contribution in [0.1, 0.15) is 70.5 Å². The molecule has 0 amide bonds. The molecular formula is C22H34BrNO4S. The summed E-state index contributed by atoms with van der Waals surface area (Å²) in [5.41, 5.74) is 1.52. The molecule has 29 heavy (non-hydrogen) atoms. The molecule has 1 saturated carbocycles. The zero-order chi connectivity index (χ0) is 21.1. The van der Waals surface area contributed by atoms with Crippen LogP contribution in [0.2, 0.25) is 0 Å². The zero-order valence-corrected chi connectivity index (χ0v) is 19.9. The number of aliphatic hydroxyl groups is 1. The van der Waals surface area contributed by atoms with Crippen LogP contribution in [0.25, 0.3) is 0 Å². The highest BCUT2D eigenvalue weighted by Crippen LogP contribution is 2.53. The molecule has 1 aliphatic heterocycles. The Morgan fingerprint density at radius 2 is 1.93 bits per heavy atom. The highest BCUT2D eigenvalue weighted by molar-refractivity contribution is 9.09. The topological polar surface area (TPSA) is 66.8 Å². The number of alkyl halides is 1. The van der Waals surface area contributed by atoms with E-state index in [0.717, 1.165) is 44.1 Å². The second kappa shape index (κ2) is 9.67. The molecule has 3 atom stereocenters. The fraction of sp³-hybridized carbons (Fsp3) is 0.727. The summed E-state index contributed by atoms with van der Waals surface area (Å²) in [6, 6.07) is 7.19. The van der Waals surface area contributed by atoms with Gasteiger partial charge in [0.15, 0.2) is 0 Å². The molecule has 0 spiro atoms. The highest BCUT2D eigenvalue weighted by atomic mass is 79.9. The number of rotatable bonds is 10. The molecule has 0 aromatic heterocycles. The maximum absolute atomic E-state index is 12.8. The third-order valence-corrected chi connectivity index (χ3v) is 9.68. The SMILES string of the molecule is CCCCOCC1C(Br)CS(=O)(=O)N1c1ccc(C(O)C2(CCC)CCC2)cc1. The van der Waals surface area contributed by atoms with Crippen LogP contribution in [0.4, 0.5) is 5.69 Å². The van der Waals surface area contributed by atoms with Crippen molar-refractivity contribution in [3.8, 4) is 0 Å². The fourth-order valence-electron chi connectivity index (χ4n) is 4.67. The van der Waals surface area contributed by atoms with Crippen molar-refractivity contribution in [1.82, 2.24) is 0 Å². The predicted octanol–water partition coefficient (Wildman–Crippen LogP) is 4.79. The van der Waals surface area contributed by atoms with E-state index in [9.17, 15) is 13.5 Å². The van der Waals surface area contributed by atoms with E-state index in [2.05, 4.69) is 29.8 Å². The van der Waals surface area contributed by atoms with E-state index >= 15 is 0 Å². The summed E-state index contributed by atoms with van der Waals surface area (Å²) < 4.78 is 32.8. The lowest BCUT2D eigenvalue weighted by Gasteiger charge is -2.46. The second-order valence-corrected chi connectivity index (χ2v) is 11.6. The first-order valence-electron chi connectivity index (χ1n) is 10.9.